The Labute approximate surface area is 169 Å². The lowest BCUT2D eigenvalue weighted by Crippen LogP contribution is -2.39. The number of rotatable bonds is 7. The van der Waals surface area contributed by atoms with Crippen molar-refractivity contribution in [2.24, 2.45) is 5.92 Å². The van der Waals surface area contributed by atoms with Gasteiger partial charge in [0.15, 0.2) is 5.69 Å². The Bertz CT molecular complexity index is 842. The number of carbonyl (C=O) groups excluding carboxylic acids is 1. The SMILES string of the molecule is CCCN(Cc1c(C(F)(F)F)nn(-c2ccccc2)c1N(C)C)C(=O)C1CCC1. The van der Waals surface area contributed by atoms with Crippen LogP contribution in [0.1, 0.15) is 43.9 Å². The van der Waals surface area contributed by atoms with E-state index in [4.69, 9.17) is 0 Å². The topological polar surface area (TPSA) is 41.4 Å². The van der Waals surface area contributed by atoms with E-state index < -0.39 is 11.9 Å². The summed E-state index contributed by atoms with van der Waals surface area (Å²) in [6, 6.07) is 8.74. The average molecular weight is 408 g/mol. The number of anilines is 1. The number of halogens is 3. The van der Waals surface area contributed by atoms with E-state index in [2.05, 4.69) is 5.10 Å². The fourth-order valence-corrected chi connectivity index (χ4v) is 3.66. The molecule has 0 spiro atoms. The van der Waals surface area contributed by atoms with Crippen molar-refractivity contribution in [3.8, 4) is 5.69 Å². The van der Waals surface area contributed by atoms with Gasteiger partial charge in [-0.1, -0.05) is 31.5 Å². The number of hydrogen-bond donors (Lipinski definition) is 0. The van der Waals surface area contributed by atoms with Crippen LogP contribution >= 0.6 is 0 Å². The van der Waals surface area contributed by atoms with Crippen molar-refractivity contribution in [3.05, 3.63) is 41.6 Å². The molecule has 0 aliphatic heterocycles. The van der Waals surface area contributed by atoms with Crippen LogP contribution in [0.25, 0.3) is 5.69 Å². The first-order valence-electron chi connectivity index (χ1n) is 9.94. The van der Waals surface area contributed by atoms with Crippen molar-refractivity contribution in [2.75, 3.05) is 25.5 Å². The van der Waals surface area contributed by atoms with Crippen LogP contribution in [0.4, 0.5) is 19.0 Å². The molecule has 0 radical (unpaired) electrons. The lowest BCUT2D eigenvalue weighted by atomic mass is 9.84. The van der Waals surface area contributed by atoms with Gasteiger partial charge in [0.2, 0.25) is 5.91 Å². The maximum atomic E-state index is 13.9. The molecule has 1 amide bonds. The number of amides is 1. The molecule has 29 heavy (non-hydrogen) atoms. The zero-order chi connectivity index (χ0) is 21.2. The summed E-state index contributed by atoms with van der Waals surface area (Å²) in [5, 5.41) is 3.94. The molecule has 1 aromatic heterocycles. The van der Waals surface area contributed by atoms with E-state index >= 15 is 0 Å². The number of alkyl halides is 3. The van der Waals surface area contributed by atoms with Gasteiger partial charge in [-0.05, 0) is 31.4 Å². The summed E-state index contributed by atoms with van der Waals surface area (Å²) >= 11 is 0. The van der Waals surface area contributed by atoms with Crippen LogP contribution in [0, 0.1) is 5.92 Å². The first-order chi connectivity index (χ1) is 13.7. The van der Waals surface area contributed by atoms with Gasteiger partial charge in [-0.25, -0.2) is 4.68 Å². The normalized spacial score (nSPS) is 14.6. The third kappa shape index (κ3) is 4.41. The van der Waals surface area contributed by atoms with E-state index in [1.165, 1.54) is 4.68 Å². The zero-order valence-electron chi connectivity index (χ0n) is 17.0. The summed E-state index contributed by atoms with van der Waals surface area (Å²) in [6.45, 7) is 2.25. The van der Waals surface area contributed by atoms with Crippen molar-refractivity contribution in [3.63, 3.8) is 0 Å². The number of aromatic nitrogens is 2. The van der Waals surface area contributed by atoms with Gasteiger partial charge in [0.05, 0.1) is 12.2 Å². The molecule has 0 atom stereocenters. The molecule has 0 bridgehead atoms. The summed E-state index contributed by atoms with van der Waals surface area (Å²) in [5.41, 5.74) is -0.361. The molecule has 0 N–H and O–H groups in total. The van der Waals surface area contributed by atoms with E-state index in [0.717, 1.165) is 19.3 Å². The Morgan fingerprint density at radius 3 is 2.34 bits per heavy atom. The van der Waals surface area contributed by atoms with E-state index in [9.17, 15) is 18.0 Å². The van der Waals surface area contributed by atoms with Crippen LogP contribution in [0.15, 0.2) is 30.3 Å². The summed E-state index contributed by atoms with van der Waals surface area (Å²) in [7, 11) is 3.38. The first-order valence-corrected chi connectivity index (χ1v) is 9.94. The predicted octanol–water partition coefficient (Wildman–Crippen LogP) is 4.50. The average Bonchev–Trinajstić information content (AvgIpc) is 3.00. The molecule has 1 saturated carbocycles. The Balaban J connectivity index is 2.09. The van der Waals surface area contributed by atoms with Gasteiger partial charge in [0.1, 0.15) is 5.82 Å². The maximum Gasteiger partial charge on any atom is 0.435 e. The van der Waals surface area contributed by atoms with Gasteiger partial charge in [-0.3, -0.25) is 4.79 Å². The third-order valence-corrected chi connectivity index (χ3v) is 5.26. The molecule has 1 fully saturated rings. The predicted molar refractivity (Wildman–Crippen MR) is 106 cm³/mol. The van der Waals surface area contributed by atoms with E-state index in [-0.39, 0.29) is 23.9 Å². The Morgan fingerprint density at radius 1 is 1.21 bits per heavy atom. The summed E-state index contributed by atoms with van der Waals surface area (Å²) in [6.07, 6.45) is -1.30. The summed E-state index contributed by atoms with van der Waals surface area (Å²) < 4.78 is 43.0. The quantitative estimate of drug-likeness (QED) is 0.678. The van der Waals surface area contributed by atoms with Crippen LogP contribution in [-0.4, -0.2) is 41.2 Å². The lowest BCUT2D eigenvalue weighted by molar-refractivity contribution is -0.144. The van der Waals surface area contributed by atoms with Crippen LogP contribution in [-0.2, 0) is 17.5 Å². The van der Waals surface area contributed by atoms with Gasteiger partial charge < -0.3 is 9.80 Å². The lowest BCUT2D eigenvalue weighted by Gasteiger charge is -2.32. The van der Waals surface area contributed by atoms with Crippen molar-refractivity contribution >= 4 is 11.7 Å². The largest absolute Gasteiger partial charge is 0.435 e. The molecule has 1 aliphatic carbocycles. The van der Waals surface area contributed by atoms with E-state index in [0.29, 0.717) is 24.5 Å². The molecule has 0 unspecified atom stereocenters. The highest BCUT2D eigenvalue weighted by Crippen LogP contribution is 2.38. The monoisotopic (exact) mass is 408 g/mol. The molecule has 158 valence electrons. The molecular weight excluding hydrogens is 381 g/mol. The smallest absolute Gasteiger partial charge is 0.362 e. The molecule has 1 aliphatic rings. The third-order valence-electron chi connectivity index (χ3n) is 5.26. The van der Waals surface area contributed by atoms with Crippen LogP contribution < -0.4 is 4.90 Å². The number of nitrogens with zero attached hydrogens (tertiary/aromatic N) is 4. The van der Waals surface area contributed by atoms with E-state index in [1.54, 1.807) is 54.2 Å². The van der Waals surface area contributed by atoms with Crippen molar-refractivity contribution in [2.45, 2.75) is 45.3 Å². The zero-order valence-corrected chi connectivity index (χ0v) is 17.0. The van der Waals surface area contributed by atoms with Gasteiger partial charge in [-0.2, -0.15) is 18.3 Å². The first kappa shape index (κ1) is 21.2. The molecule has 5 nitrogen and oxygen atoms in total. The minimum Gasteiger partial charge on any atom is -0.362 e. The highest BCUT2D eigenvalue weighted by molar-refractivity contribution is 5.80. The van der Waals surface area contributed by atoms with Crippen molar-refractivity contribution in [1.82, 2.24) is 14.7 Å². The highest BCUT2D eigenvalue weighted by atomic mass is 19.4. The fraction of sp³-hybridized carbons (Fsp3) is 0.524. The minimum absolute atomic E-state index is 0.0347. The van der Waals surface area contributed by atoms with Crippen LogP contribution in [0.5, 0.6) is 0 Å². The number of benzene rings is 1. The van der Waals surface area contributed by atoms with Crippen LogP contribution in [0.3, 0.4) is 0 Å². The second kappa shape index (κ2) is 8.47. The Morgan fingerprint density at radius 2 is 1.86 bits per heavy atom. The Kier molecular flexibility index (Phi) is 6.19. The number of carbonyl (C=O) groups is 1. The van der Waals surface area contributed by atoms with E-state index in [1.807, 2.05) is 6.92 Å². The molecule has 3 rings (SSSR count). The van der Waals surface area contributed by atoms with Crippen LogP contribution in [0.2, 0.25) is 0 Å². The number of hydrogen-bond acceptors (Lipinski definition) is 3. The van der Waals surface area contributed by atoms with Gasteiger partial charge in [0, 0.05) is 32.1 Å². The minimum atomic E-state index is -4.61. The summed E-state index contributed by atoms with van der Waals surface area (Å²) in [4.78, 5) is 16.0. The van der Waals surface area contributed by atoms with Crippen molar-refractivity contribution in [1.29, 1.82) is 0 Å². The van der Waals surface area contributed by atoms with Crippen molar-refractivity contribution < 1.29 is 18.0 Å². The molecule has 1 aromatic carbocycles. The molecule has 1 heterocycles. The fourth-order valence-electron chi connectivity index (χ4n) is 3.66. The molecule has 0 saturated heterocycles. The standard InChI is InChI=1S/C21H27F3N4O/c1-4-13-27(20(29)15-9-8-10-15)14-17-18(21(22,23)24)25-28(19(17)26(2)3)16-11-6-5-7-12-16/h5-7,11-12,15H,4,8-10,13-14H2,1-3H3. The molecule has 8 heteroatoms. The Hall–Kier alpha value is -2.51. The van der Waals surface area contributed by atoms with Gasteiger partial charge in [0.25, 0.3) is 0 Å². The second-order valence-electron chi connectivity index (χ2n) is 7.68. The molecular formula is C21H27F3N4O. The summed E-state index contributed by atoms with van der Waals surface area (Å²) in [5.74, 6) is 0.220. The molecule has 2 aromatic rings. The highest BCUT2D eigenvalue weighted by Gasteiger charge is 2.41. The van der Waals surface area contributed by atoms with Gasteiger partial charge >= 0.3 is 6.18 Å². The van der Waals surface area contributed by atoms with Gasteiger partial charge in [-0.15, -0.1) is 0 Å². The maximum absolute atomic E-state index is 13.9. The number of para-hydroxylation sites is 1. The second-order valence-corrected chi connectivity index (χ2v) is 7.68.